The third-order valence-electron chi connectivity index (χ3n) is 3.66. The van der Waals surface area contributed by atoms with E-state index >= 15 is 0 Å². The number of nitrogens with zero attached hydrogens (tertiary/aromatic N) is 2. The number of rotatable bonds is 8. The van der Waals surface area contributed by atoms with Crippen LogP contribution in [0.1, 0.15) is 36.4 Å². The quantitative estimate of drug-likeness (QED) is 0.714. The fourth-order valence-corrected chi connectivity index (χ4v) is 3.93. The molecular formula is C18H26N4O4S. The van der Waals surface area contributed by atoms with E-state index < -0.39 is 10.0 Å². The van der Waals surface area contributed by atoms with Crippen LogP contribution in [-0.4, -0.2) is 37.6 Å². The van der Waals surface area contributed by atoms with Crippen molar-refractivity contribution in [3.05, 3.63) is 52.9 Å². The topological polar surface area (TPSA) is 105 Å². The van der Waals surface area contributed by atoms with Crippen molar-refractivity contribution in [2.24, 2.45) is 0 Å². The summed E-state index contributed by atoms with van der Waals surface area (Å²) in [7, 11) is -1.68. The zero-order chi connectivity index (χ0) is 20.0. The monoisotopic (exact) mass is 394 g/mol. The zero-order valence-electron chi connectivity index (χ0n) is 16.0. The van der Waals surface area contributed by atoms with Crippen molar-refractivity contribution in [3.63, 3.8) is 0 Å². The van der Waals surface area contributed by atoms with Gasteiger partial charge in [0.2, 0.25) is 10.0 Å². The summed E-state index contributed by atoms with van der Waals surface area (Å²) < 4.78 is 31.4. The Balaban J connectivity index is 1.84. The molecule has 2 N–H and O–H groups in total. The number of aryl methyl sites for hydroxylation is 1. The average molecular weight is 394 g/mol. The van der Waals surface area contributed by atoms with E-state index in [2.05, 4.69) is 15.2 Å². The molecule has 0 aliphatic rings. The standard InChI is InChI=1S/C18H26N4O4S/c1-13(2)21-27(24,25)12-16-7-5-15(6-8-16)10-19-18(23)22(4)11-17-9-14(3)26-20-17/h5-9,13,21H,10-12H2,1-4H3,(H,19,23). The lowest BCUT2D eigenvalue weighted by molar-refractivity contribution is 0.205. The number of amides is 2. The lowest BCUT2D eigenvalue weighted by atomic mass is 10.1. The molecule has 0 radical (unpaired) electrons. The highest BCUT2D eigenvalue weighted by molar-refractivity contribution is 7.88. The molecule has 0 aliphatic carbocycles. The molecule has 0 spiro atoms. The Morgan fingerprint density at radius 2 is 1.85 bits per heavy atom. The van der Waals surface area contributed by atoms with Gasteiger partial charge in [0.25, 0.3) is 0 Å². The van der Waals surface area contributed by atoms with Gasteiger partial charge in [0.1, 0.15) is 11.5 Å². The van der Waals surface area contributed by atoms with Crippen LogP contribution in [0, 0.1) is 6.92 Å². The molecule has 9 heteroatoms. The molecule has 27 heavy (non-hydrogen) atoms. The Morgan fingerprint density at radius 1 is 1.22 bits per heavy atom. The molecule has 2 aromatic rings. The van der Waals surface area contributed by atoms with Gasteiger partial charge in [-0.15, -0.1) is 0 Å². The summed E-state index contributed by atoms with van der Waals surface area (Å²) in [5.74, 6) is 0.627. The summed E-state index contributed by atoms with van der Waals surface area (Å²) in [6.45, 7) is 6.06. The molecule has 0 unspecified atom stereocenters. The third-order valence-corrected chi connectivity index (χ3v) is 5.21. The number of aromatic nitrogens is 1. The molecule has 0 saturated carbocycles. The summed E-state index contributed by atoms with van der Waals surface area (Å²) in [6, 6.07) is 8.53. The SMILES string of the molecule is Cc1cc(CN(C)C(=O)NCc2ccc(CS(=O)(=O)NC(C)C)cc2)no1. The van der Waals surface area contributed by atoms with Gasteiger partial charge in [0, 0.05) is 25.7 Å². The summed E-state index contributed by atoms with van der Waals surface area (Å²) in [6.07, 6.45) is 0. The average Bonchev–Trinajstić information content (AvgIpc) is 2.97. The summed E-state index contributed by atoms with van der Waals surface area (Å²) in [5, 5.41) is 6.68. The lowest BCUT2D eigenvalue weighted by Crippen LogP contribution is -2.36. The second-order valence-corrected chi connectivity index (χ2v) is 8.55. The molecule has 8 nitrogen and oxygen atoms in total. The van der Waals surface area contributed by atoms with Gasteiger partial charge in [0.05, 0.1) is 12.3 Å². The fraction of sp³-hybridized carbons (Fsp3) is 0.444. The number of benzene rings is 1. The normalized spacial score (nSPS) is 11.6. The minimum atomic E-state index is -3.35. The number of hydrogen-bond donors (Lipinski definition) is 2. The summed E-state index contributed by atoms with van der Waals surface area (Å²) in [5.41, 5.74) is 2.26. The summed E-state index contributed by atoms with van der Waals surface area (Å²) in [4.78, 5) is 13.7. The van der Waals surface area contributed by atoms with Crippen LogP contribution in [0.2, 0.25) is 0 Å². The first-order valence-corrected chi connectivity index (χ1v) is 10.3. The van der Waals surface area contributed by atoms with Gasteiger partial charge in [-0.05, 0) is 31.9 Å². The molecule has 0 atom stereocenters. The number of sulfonamides is 1. The minimum absolute atomic E-state index is 0.0718. The van der Waals surface area contributed by atoms with Crippen LogP contribution < -0.4 is 10.0 Å². The van der Waals surface area contributed by atoms with Crippen LogP contribution in [0.25, 0.3) is 0 Å². The second-order valence-electron chi connectivity index (χ2n) is 6.79. The molecule has 0 fully saturated rings. The van der Waals surface area contributed by atoms with Gasteiger partial charge in [-0.3, -0.25) is 0 Å². The van der Waals surface area contributed by atoms with E-state index in [1.165, 1.54) is 4.90 Å². The van der Waals surface area contributed by atoms with Gasteiger partial charge in [0.15, 0.2) is 0 Å². The van der Waals surface area contributed by atoms with Gasteiger partial charge in [-0.1, -0.05) is 29.4 Å². The van der Waals surface area contributed by atoms with Crippen molar-refractivity contribution in [2.75, 3.05) is 7.05 Å². The predicted molar refractivity (Wildman–Crippen MR) is 102 cm³/mol. The smallest absolute Gasteiger partial charge is 0.317 e. The van der Waals surface area contributed by atoms with Crippen molar-refractivity contribution < 1.29 is 17.7 Å². The Labute approximate surface area is 160 Å². The van der Waals surface area contributed by atoms with E-state index in [1.807, 2.05) is 12.1 Å². The third kappa shape index (κ3) is 7.03. The maximum absolute atomic E-state index is 12.2. The highest BCUT2D eigenvalue weighted by Gasteiger charge is 2.13. The lowest BCUT2D eigenvalue weighted by Gasteiger charge is -2.16. The zero-order valence-corrected chi connectivity index (χ0v) is 16.8. The van der Waals surface area contributed by atoms with Crippen molar-refractivity contribution >= 4 is 16.1 Å². The second kappa shape index (κ2) is 9.01. The number of carbonyl (C=O) groups excluding carboxylic acids is 1. The van der Waals surface area contributed by atoms with Crippen molar-refractivity contribution in [1.82, 2.24) is 20.1 Å². The first kappa shape index (κ1) is 20.9. The first-order valence-electron chi connectivity index (χ1n) is 8.63. The molecule has 148 valence electrons. The van der Waals surface area contributed by atoms with E-state index in [9.17, 15) is 13.2 Å². The van der Waals surface area contributed by atoms with E-state index in [0.29, 0.717) is 30.1 Å². The van der Waals surface area contributed by atoms with Crippen LogP contribution in [-0.2, 0) is 28.9 Å². The van der Waals surface area contributed by atoms with Gasteiger partial charge in [-0.2, -0.15) is 0 Å². The van der Waals surface area contributed by atoms with Gasteiger partial charge in [-0.25, -0.2) is 17.9 Å². The number of hydrogen-bond acceptors (Lipinski definition) is 5. The highest BCUT2D eigenvalue weighted by atomic mass is 32.2. The van der Waals surface area contributed by atoms with Crippen molar-refractivity contribution in [1.29, 1.82) is 0 Å². The first-order chi connectivity index (χ1) is 12.6. The van der Waals surface area contributed by atoms with Crippen molar-refractivity contribution in [3.8, 4) is 0 Å². The molecule has 1 heterocycles. The molecule has 0 aliphatic heterocycles. The van der Waals surface area contributed by atoms with E-state index in [4.69, 9.17) is 4.52 Å². The molecule has 1 aromatic heterocycles. The van der Waals surface area contributed by atoms with Gasteiger partial charge < -0.3 is 14.7 Å². The Kier molecular flexibility index (Phi) is 6.98. The Hall–Kier alpha value is -2.39. The number of urea groups is 1. The molecule has 2 rings (SSSR count). The largest absolute Gasteiger partial charge is 0.361 e. The Bertz CT molecular complexity index is 860. The van der Waals surface area contributed by atoms with E-state index in [0.717, 1.165) is 5.56 Å². The molecule has 2 amide bonds. The molecule has 1 aromatic carbocycles. The summed E-state index contributed by atoms with van der Waals surface area (Å²) >= 11 is 0. The maximum Gasteiger partial charge on any atom is 0.317 e. The molecule has 0 saturated heterocycles. The fourth-order valence-electron chi connectivity index (χ4n) is 2.49. The van der Waals surface area contributed by atoms with Crippen molar-refractivity contribution in [2.45, 2.75) is 45.7 Å². The van der Waals surface area contributed by atoms with E-state index in [1.54, 1.807) is 46.0 Å². The van der Waals surface area contributed by atoms with Crippen LogP contribution in [0.4, 0.5) is 4.79 Å². The molecule has 0 bridgehead atoms. The Morgan fingerprint density at radius 3 is 2.41 bits per heavy atom. The number of nitrogens with one attached hydrogen (secondary N) is 2. The minimum Gasteiger partial charge on any atom is -0.361 e. The van der Waals surface area contributed by atoms with Crippen LogP contribution in [0.15, 0.2) is 34.9 Å². The van der Waals surface area contributed by atoms with Gasteiger partial charge >= 0.3 is 6.03 Å². The maximum atomic E-state index is 12.2. The van der Waals surface area contributed by atoms with Crippen LogP contribution in [0.3, 0.4) is 0 Å². The van der Waals surface area contributed by atoms with Crippen LogP contribution >= 0.6 is 0 Å². The molecular weight excluding hydrogens is 368 g/mol. The highest BCUT2D eigenvalue weighted by Crippen LogP contribution is 2.09. The number of carbonyl (C=O) groups is 1. The van der Waals surface area contributed by atoms with E-state index in [-0.39, 0.29) is 17.8 Å². The predicted octanol–water partition coefficient (Wildman–Crippen LogP) is 2.15. The van der Waals surface area contributed by atoms with Crippen LogP contribution in [0.5, 0.6) is 0 Å².